The maximum Gasteiger partial charge on any atom is 0.297 e. The summed E-state index contributed by atoms with van der Waals surface area (Å²) in [5.41, 5.74) is 2.59. The summed E-state index contributed by atoms with van der Waals surface area (Å²) in [5.74, 6) is 0. The lowest BCUT2D eigenvalue weighted by Gasteiger charge is -2.21. The molecule has 0 fully saturated rings. The molecule has 0 radical (unpaired) electrons. The predicted molar refractivity (Wildman–Crippen MR) is 93.5 cm³/mol. The van der Waals surface area contributed by atoms with E-state index in [4.69, 9.17) is 27.4 Å². The summed E-state index contributed by atoms with van der Waals surface area (Å²) in [4.78, 5) is -0.931. The highest BCUT2D eigenvalue weighted by molar-refractivity contribution is 7.86. The molecule has 0 spiro atoms. The van der Waals surface area contributed by atoms with Gasteiger partial charge < -0.3 is 0 Å². The van der Waals surface area contributed by atoms with Crippen molar-refractivity contribution in [2.75, 3.05) is 0 Å². The smallest absolute Gasteiger partial charge is 0.255 e. The van der Waals surface area contributed by atoms with Crippen LogP contribution in [0.15, 0.2) is 53.4 Å². The number of halogens is 2. The molecule has 3 nitrogen and oxygen atoms in total. The van der Waals surface area contributed by atoms with Gasteiger partial charge >= 0.3 is 0 Å². The van der Waals surface area contributed by atoms with Crippen molar-refractivity contribution >= 4 is 33.3 Å². The Bertz CT molecular complexity index is 756. The predicted octanol–water partition coefficient (Wildman–Crippen LogP) is 4.81. The van der Waals surface area contributed by atoms with Crippen LogP contribution in [0.25, 0.3) is 0 Å². The summed E-state index contributed by atoms with van der Waals surface area (Å²) in [6.45, 7) is 3.85. The Labute approximate surface area is 147 Å². The van der Waals surface area contributed by atoms with Crippen molar-refractivity contribution in [3.05, 3.63) is 65.2 Å². The van der Waals surface area contributed by atoms with Crippen molar-refractivity contribution in [3.8, 4) is 0 Å². The van der Waals surface area contributed by atoms with E-state index in [1.807, 2.05) is 26.0 Å². The largest absolute Gasteiger partial charge is 0.297 e. The molecule has 6 heteroatoms. The first-order valence-electron chi connectivity index (χ1n) is 7.21. The second-order valence-electron chi connectivity index (χ2n) is 5.17. The SMILES string of the molecule is CCc1ccccc1C(OS(=O)(=O)c1ccc(C)cc1)C(Cl)Cl. The molecule has 0 aliphatic heterocycles. The topological polar surface area (TPSA) is 43.4 Å². The molecule has 2 aromatic carbocycles. The highest BCUT2D eigenvalue weighted by Gasteiger charge is 2.29. The van der Waals surface area contributed by atoms with Gasteiger partial charge in [-0.2, -0.15) is 8.42 Å². The van der Waals surface area contributed by atoms with Gasteiger partial charge in [-0.15, -0.1) is 23.2 Å². The average molecular weight is 373 g/mol. The number of rotatable bonds is 6. The summed E-state index contributed by atoms with van der Waals surface area (Å²) < 4.78 is 30.3. The van der Waals surface area contributed by atoms with E-state index in [1.165, 1.54) is 12.1 Å². The average Bonchev–Trinajstić information content (AvgIpc) is 2.53. The quantitative estimate of drug-likeness (QED) is 0.539. The molecule has 23 heavy (non-hydrogen) atoms. The van der Waals surface area contributed by atoms with E-state index < -0.39 is 21.1 Å². The van der Waals surface area contributed by atoms with Gasteiger partial charge in [0.15, 0.2) is 0 Å². The van der Waals surface area contributed by atoms with Crippen LogP contribution in [-0.4, -0.2) is 13.3 Å². The molecule has 0 saturated heterocycles. The Morgan fingerprint density at radius 3 is 2.22 bits per heavy atom. The molecule has 2 rings (SSSR count). The van der Waals surface area contributed by atoms with Crippen molar-refractivity contribution in [2.24, 2.45) is 0 Å². The summed E-state index contributed by atoms with van der Waals surface area (Å²) >= 11 is 12.0. The molecule has 0 saturated carbocycles. The molecule has 1 unspecified atom stereocenters. The first-order chi connectivity index (χ1) is 10.8. The third kappa shape index (κ3) is 4.48. The normalized spacial score (nSPS) is 13.3. The van der Waals surface area contributed by atoms with E-state index in [2.05, 4.69) is 0 Å². The number of hydrogen-bond donors (Lipinski definition) is 0. The van der Waals surface area contributed by atoms with E-state index in [0.717, 1.165) is 17.5 Å². The monoisotopic (exact) mass is 372 g/mol. The zero-order valence-electron chi connectivity index (χ0n) is 12.9. The zero-order chi connectivity index (χ0) is 17.0. The minimum atomic E-state index is -3.96. The van der Waals surface area contributed by atoms with Crippen LogP contribution in [-0.2, 0) is 20.7 Å². The van der Waals surface area contributed by atoms with Crippen molar-refractivity contribution in [1.82, 2.24) is 0 Å². The third-order valence-electron chi connectivity index (χ3n) is 3.51. The Morgan fingerprint density at radius 2 is 1.65 bits per heavy atom. The van der Waals surface area contributed by atoms with Crippen molar-refractivity contribution < 1.29 is 12.6 Å². The zero-order valence-corrected chi connectivity index (χ0v) is 15.2. The van der Waals surface area contributed by atoms with Crippen molar-refractivity contribution in [2.45, 2.75) is 36.1 Å². The van der Waals surface area contributed by atoms with Crippen LogP contribution in [0.3, 0.4) is 0 Å². The van der Waals surface area contributed by atoms with Gasteiger partial charge in [-0.05, 0) is 36.6 Å². The van der Waals surface area contributed by atoms with Gasteiger partial charge in [0.1, 0.15) is 10.9 Å². The van der Waals surface area contributed by atoms with Gasteiger partial charge in [-0.3, -0.25) is 4.18 Å². The third-order valence-corrected chi connectivity index (χ3v) is 5.28. The van der Waals surface area contributed by atoms with Crippen LogP contribution in [0.2, 0.25) is 0 Å². The number of benzene rings is 2. The first kappa shape index (κ1) is 18.3. The van der Waals surface area contributed by atoms with E-state index in [-0.39, 0.29) is 4.90 Å². The highest BCUT2D eigenvalue weighted by Crippen LogP contribution is 2.33. The fraction of sp³-hybridized carbons (Fsp3) is 0.294. The second-order valence-corrected chi connectivity index (χ2v) is 7.91. The Morgan fingerprint density at radius 1 is 1.04 bits per heavy atom. The van der Waals surface area contributed by atoms with E-state index in [9.17, 15) is 8.42 Å². The maximum absolute atomic E-state index is 12.5. The fourth-order valence-electron chi connectivity index (χ4n) is 2.26. The first-order valence-corrected chi connectivity index (χ1v) is 9.49. The highest BCUT2D eigenvalue weighted by atomic mass is 35.5. The van der Waals surface area contributed by atoms with Crippen LogP contribution in [0.5, 0.6) is 0 Å². The van der Waals surface area contributed by atoms with E-state index >= 15 is 0 Å². The molecule has 0 aliphatic carbocycles. The molecule has 124 valence electrons. The molecule has 0 amide bonds. The molecule has 0 bridgehead atoms. The Hall–Kier alpha value is -1.07. The fourth-order valence-corrected chi connectivity index (χ4v) is 3.82. The van der Waals surface area contributed by atoms with E-state index in [1.54, 1.807) is 24.3 Å². The van der Waals surface area contributed by atoms with Crippen molar-refractivity contribution in [3.63, 3.8) is 0 Å². The number of aryl methyl sites for hydroxylation is 2. The van der Waals surface area contributed by atoms with Gasteiger partial charge in [-0.25, -0.2) is 0 Å². The van der Waals surface area contributed by atoms with Gasteiger partial charge in [-0.1, -0.05) is 48.9 Å². The minimum absolute atomic E-state index is 0.0797. The van der Waals surface area contributed by atoms with Crippen LogP contribution in [0.4, 0.5) is 0 Å². The van der Waals surface area contributed by atoms with Crippen LogP contribution in [0.1, 0.15) is 29.7 Å². The molecule has 0 N–H and O–H groups in total. The van der Waals surface area contributed by atoms with E-state index in [0.29, 0.717) is 5.56 Å². The summed E-state index contributed by atoms with van der Waals surface area (Å²) in [5, 5.41) is 0. The molecule has 0 aliphatic rings. The number of alkyl halides is 2. The molecular formula is C17H18Cl2O3S. The van der Waals surface area contributed by atoms with Gasteiger partial charge in [0.25, 0.3) is 10.1 Å². The Balaban J connectivity index is 2.38. The molecule has 2 aromatic rings. The van der Waals surface area contributed by atoms with Crippen molar-refractivity contribution in [1.29, 1.82) is 0 Å². The van der Waals surface area contributed by atoms with Crippen LogP contribution < -0.4 is 0 Å². The molecule has 0 heterocycles. The second kappa shape index (κ2) is 7.67. The summed E-state index contributed by atoms with van der Waals surface area (Å²) in [6, 6.07) is 13.8. The number of hydrogen-bond acceptors (Lipinski definition) is 3. The summed E-state index contributed by atoms with van der Waals surface area (Å²) in [6.07, 6.45) is -0.234. The molecule has 1 atom stereocenters. The standard InChI is InChI=1S/C17H18Cl2O3S/c1-3-13-6-4-5-7-15(13)16(17(18)19)22-23(20,21)14-10-8-12(2)9-11-14/h4-11,16-17H,3H2,1-2H3. The molecular weight excluding hydrogens is 355 g/mol. The lowest BCUT2D eigenvalue weighted by Crippen LogP contribution is -2.18. The molecule has 0 aromatic heterocycles. The van der Waals surface area contributed by atoms with Gasteiger partial charge in [0, 0.05) is 0 Å². The summed E-state index contributed by atoms with van der Waals surface area (Å²) in [7, 11) is -3.96. The van der Waals surface area contributed by atoms with Gasteiger partial charge in [0.05, 0.1) is 4.90 Å². The van der Waals surface area contributed by atoms with Gasteiger partial charge in [0.2, 0.25) is 0 Å². The maximum atomic E-state index is 12.5. The lowest BCUT2D eigenvalue weighted by atomic mass is 10.0. The van der Waals surface area contributed by atoms with Crippen LogP contribution >= 0.6 is 23.2 Å². The van der Waals surface area contributed by atoms with Crippen LogP contribution in [0, 0.1) is 6.92 Å². The Kier molecular flexibility index (Phi) is 6.09. The lowest BCUT2D eigenvalue weighted by molar-refractivity contribution is 0.226. The minimum Gasteiger partial charge on any atom is -0.255 e.